The molecule has 1 aromatic carbocycles. The maximum Gasteiger partial charge on any atom is 0.265 e. The average Bonchev–Trinajstić information content (AvgIpc) is 3.16. The Kier molecular flexibility index (Phi) is 3.90. The van der Waals surface area contributed by atoms with E-state index in [1.54, 1.807) is 9.58 Å². The van der Waals surface area contributed by atoms with Crippen LogP contribution < -0.4 is 4.90 Å². The standard InChI is InChI=1S/C14H15N7O/c1-20(2)14-15-13(22-17-14)10-21-12(16-18-19-21)9-8-11-6-4-3-5-7-11/h3-9H,10H2,1-2H3/b9-8+. The van der Waals surface area contributed by atoms with Crippen LogP contribution in [0.5, 0.6) is 0 Å². The summed E-state index contributed by atoms with van der Waals surface area (Å²) in [6.07, 6.45) is 3.79. The maximum absolute atomic E-state index is 5.17. The van der Waals surface area contributed by atoms with Gasteiger partial charge in [-0.05, 0) is 27.2 Å². The number of anilines is 1. The van der Waals surface area contributed by atoms with Crippen molar-refractivity contribution in [1.29, 1.82) is 0 Å². The lowest BCUT2D eigenvalue weighted by molar-refractivity contribution is 0.363. The Morgan fingerprint density at radius 2 is 2.00 bits per heavy atom. The fourth-order valence-corrected chi connectivity index (χ4v) is 1.80. The van der Waals surface area contributed by atoms with E-state index >= 15 is 0 Å². The molecule has 8 nitrogen and oxygen atoms in total. The van der Waals surface area contributed by atoms with E-state index in [0.717, 1.165) is 5.56 Å². The summed E-state index contributed by atoms with van der Waals surface area (Å²) in [5, 5.41) is 15.5. The van der Waals surface area contributed by atoms with Crippen molar-refractivity contribution in [2.75, 3.05) is 19.0 Å². The summed E-state index contributed by atoms with van der Waals surface area (Å²) in [6.45, 7) is 0.322. The lowest BCUT2D eigenvalue weighted by Gasteiger charge is -2.02. The van der Waals surface area contributed by atoms with E-state index in [1.807, 2.05) is 56.6 Å². The summed E-state index contributed by atoms with van der Waals surface area (Å²) in [6, 6.07) is 9.94. The third-order valence-electron chi connectivity index (χ3n) is 2.93. The van der Waals surface area contributed by atoms with E-state index in [0.29, 0.717) is 24.2 Å². The van der Waals surface area contributed by atoms with Crippen molar-refractivity contribution < 1.29 is 4.52 Å². The van der Waals surface area contributed by atoms with Crippen LogP contribution in [0.25, 0.3) is 12.2 Å². The molecule has 0 saturated carbocycles. The fraction of sp³-hybridized carbons (Fsp3) is 0.214. The van der Waals surface area contributed by atoms with Crippen LogP contribution in [0.15, 0.2) is 34.9 Å². The first kappa shape index (κ1) is 13.9. The highest BCUT2D eigenvalue weighted by Gasteiger charge is 2.11. The van der Waals surface area contributed by atoms with Crippen LogP contribution in [0, 0.1) is 0 Å². The van der Waals surface area contributed by atoms with E-state index < -0.39 is 0 Å². The summed E-state index contributed by atoms with van der Waals surface area (Å²) in [5.41, 5.74) is 1.07. The van der Waals surface area contributed by atoms with Gasteiger partial charge in [-0.3, -0.25) is 0 Å². The van der Waals surface area contributed by atoms with E-state index in [2.05, 4.69) is 25.7 Å². The highest BCUT2D eigenvalue weighted by atomic mass is 16.5. The van der Waals surface area contributed by atoms with Crippen LogP contribution in [0.4, 0.5) is 5.95 Å². The van der Waals surface area contributed by atoms with E-state index in [9.17, 15) is 0 Å². The number of benzene rings is 1. The molecule has 0 radical (unpaired) electrons. The number of nitrogens with zero attached hydrogens (tertiary/aromatic N) is 7. The van der Waals surface area contributed by atoms with Gasteiger partial charge >= 0.3 is 0 Å². The first-order valence-corrected chi connectivity index (χ1v) is 6.71. The van der Waals surface area contributed by atoms with Crippen LogP contribution in [0.2, 0.25) is 0 Å². The zero-order valence-electron chi connectivity index (χ0n) is 12.3. The van der Waals surface area contributed by atoms with Crippen LogP contribution in [-0.2, 0) is 6.54 Å². The SMILES string of the molecule is CN(C)c1noc(Cn2nnnc2/C=C/c2ccccc2)n1. The Labute approximate surface area is 127 Å². The van der Waals surface area contributed by atoms with Crippen molar-refractivity contribution >= 4 is 18.1 Å². The molecule has 0 aliphatic carbocycles. The third-order valence-corrected chi connectivity index (χ3v) is 2.93. The summed E-state index contributed by atoms with van der Waals surface area (Å²) in [7, 11) is 3.69. The zero-order chi connectivity index (χ0) is 15.4. The van der Waals surface area contributed by atoms with Gasteiger partial charge in [-0.2, -0.15) is 4.98 Å². The van der Waals surface area contributed by atoms with Gasteiger partial charge < -0.3 is 9.42 Å². The van der Waals surface area contributed by atoms with Gasteiger partial charge in [0.15, 0.2) is 5.82 Å². The Hall–Kier alpha value is -3.03. The van der Waals surface area contributed by atoms with Crippen LogP contribution in [0.1, 0.15) is 17.3 Å². The maximum atomic E-state index is 5.17. The summed E-state index contributed by atoms with van der Waals surface area (Å²) < 4.78 is 6.78. The van der Waals surface area contributed by atoms with Crippen LogP contribution in [0.3, 0.4) is 0 Å². The van der Waals surface area contributed by atoms with E-state index in [1.165, 1.54) is 0 Å². The first-order valence-electron chi connectivity index (χ1n) is 6.71. The molecule has 3 aromatic rings. The number of rotatable bonds is 5. The quantitative estimate of drug-likeness (QED) is 0.702. The van der Waals surface area contributed by atoms with Gasteiger partial charge in [-0.25, -0.2) is 4.68 Å². The Morgan fingerprint density at radius 1 is 1.18 bits per heavy atom. The van der Waals surface area contributed by atoms with Gasteiger partial charge in [0.2, 0.25) is 5.89 Å². The van der Waals surface area contributed by atoms with E-state index in [-0.39, 0.29) is 0 Å². The molecular formula is C14H15N7O. The molecule has 0 spiro atoms. The summed E-state index contributed by atoms with van der Waals surface area (Å²) in [4.78, 5) is 6.02. The number of aromatic nitrogens is 6. The van der Waals surface area contributed by atoms with Crippen molar-refractivity contribution in [2.24, 2.45) is 0 Å². The van der Waals surface area contributed by atoms with Crippen LogP contribution in [-0.4, -0.2) is 44.4 Å². The predicted octanol–water partition coefficient (Wildman–Crippen LogP) is 1.34. The van der Waals surface area contributed by atoms with Crippen molar-refractivity contribution in [3.05, 3.63) is 47.6 Å². The highest BCUT2D eigenvalue weighted by Crippen LogP contribution is 2.09. The second-order valence-electron chi connectivity index (χ2n) is 4.82. The molecule has 0 aliphatic heterocycles. The molecular weight excluding hydrogens is 282 g/mol. The second-order valence-corrected chi connectivity index (χ2v) is 4.82. The molecule has 0 atom stereocenters. The van der Waals surface area contributed by atoms with Gasteiger partial charge in [-0.15, -0.1) is 5.10 Å². The molecule has 0 aliphatic rings. The Balaban J connectivity index is 1.75. The number of tetrazole rings is 1. The minimum absolute atomic E-state index is 0.322. The normalized spacial score (nSPS) is 11.2. The van der Waals surface area contributed by atoms with Gasteiger partial charge in [-0.1, -0.05) is 36.4 Å². The predicted molar refractivity (Wildman–Crippen MR) is 80.9 cm³/mol. The smallest absolute Gasteiger partial charge is 0.265 e. The van der Waals surface area contributed by atoms with Crippen molar-refractivity contribution in [2.45, 2.75) is 6.54 Å². The second kappa shape index (κ2) is 6.17. The van der Waals surface area contributed by atoms with Gasteiger partial charge in [0, 0.05) is 14.1 Å². The molecule has 3 rings (SSSR count). The third kappa shape index (κ3) is 3.17. The van der Waals surface area contributed by atoms with Gasteiger partial charge in [0.1, 0.15) is 6.54 Å². The minimum atomic E-state index is 0.322. The van der Waals surface area contributed by atoms with Gasteiger partial charge in [0.25, 0.3) is 5.95 Å². The molecule has 8 heteroatoms. The molecule has 0 N–H and O–H groups in total. The van der Waals surface area contributed by atoms with Crippen LogP contribution >= 0.6 is 0 Å². The Morgan fingerprint density at radius 3 is 2.73 bits per heavy atom. The lowest BCUT2D eigenvalue weighted by atomic mass is 10.2. The average molecular weight is 297 g/mol. The molecule has 0 amide bonds. The van der Waals surface area contributed by atoms with Crippen molar-refractivity contribution in [1.82, 2.24) is 30.3 Å². The minimum Gasteiger partial charge on any atom is -0.344 e. The van der Waals surface area contributed by atoms with Crippen molar-refractivity contribution in [3.8, 4) is 0 Å². The summed E-state index contributed by atoms with van der Waals surface area (Å²) >= 11 is 0. The molecule has 0 bridgehead atoms. The molecule has 0 fully saturated rings. The molecule has 112 valence electrons. The zero-order valence-corrected chi connectivity index (χ0v) is 12.3. The van der Waals surface area contributed by atoms with E-state index in [4.69, 9.17) is 4.52 Å². The largest absolute Gasteiger partial charge is 0.344 e. The topological polar surface area (TPSA) is 85.8 Å². The molecule has 0 saturated heterocycles. The molecule has 22 heavy (non-hydrogen) atoms. The number of hydrogen-bond donors (Lipinski definition) is 0. The Bertz CT molecular complexity index is 760. The fourth-order valence-electron chi connectivity index (χ4n) is 1.80. The first-order chi connectivity index (χ1) is 10.7. The molecule has 0 unspecified atom stereocenters. The number of hydrogen-bond acceptors (Lipinski definition) is 7. The highest BCUT2D eigenvalue weighted by molar-refractivity contribution is 5.66. The molecule has 2 heterocycles. The van der Waals surface area contributed by atoms with Gasteiger partial charge in [0.05, 0.1) is 0 Å². The molecule has 2 aromatic heterocycles. The monoisotopic (exact) mass is 297 g/mol. The van der Waals surface area contributed by atoms with Crippen molar-refractivity contribution in [3.63, 3.8) is 0 Å². The lowest BCUT2D eigenvalue weighted by Crippen LogP contribution is -2.10. The summed E-state index contributed by atoms with van der Waals surface area (Å²) in [5.74, 6) is 1.59.